The molecule has 0 saturated carbocycles. The van der Waals surface area contributed by atoms with Gasteiger partial charge >= 0.3 is 0 Å². The van der Waals surface area contributed by atoms with Crippen LogP contribution in [0.4, 0.5) is 0 Å². The lowest BCUT2D eigenvalue weighted by molar-refractivity contribution is -0.134. The van der Waals surface area contributed by atoms with Gasteiger partial charge in [0.05, 0.1) is 0 Å². The highest BCUT2D eigenvalue weighted by Gasteiger charge is 2.16. The summed E-state index contributed by atoms with van der Waals surface area (Å²) in [5, 5.41) is 0. The van der Waals surface area contributed by atoms with Crippen molar-refractivity contribution in [3.05, 3.63) is 0 Å². The van der Waals surface area contributed by atoms with Crippen LogP contribution in [0.25, 0.3) is 0 Å². The van der Waals surface area contributed by atoms with Crippen LogP contribution in [-0.2, 0) is 4.79 Å². The predicted molar refractivity (Wildman–Crippen MR) is 55.3 cm³/mol. The molecule has 3 heteroatoms. The van der Waals surface area contributed by atoms with Crippen LogP contribution < -0.4 is 5.73 Å². The Morgan fingerprint density at radius 2 is 2.00 bits per heavy atom. The molecule has 78 valence electrons. The minimum Gasteiger partial charge on any atom is -0.345 e. The number of carbonyl (C=O) groups excluding carboxylic acids is 1. The van der Waals surface area contributed by atoms with Crippen molar-refractivity contribution < 1.29 is 4.79 Å². The van der Waals surface area contributed by atoms with Gasteiger partial charge in [-0.2, -0.15) is 0 Å². The van der Waals surface area contributed by atoms with E-state index in [1.165, 1.54) is 0 Å². The van der Waals surface area contributed by atoms with Crippen LogP contribution in [0.15, 0.2) is 0 Å². The lowest BCUT2D eigenvalue weighted by Gasteiger charge is -2.23. The summed E-state index contributed by atoms with van der Waals surface area (Å²) in [4.78, 5) is 13.4. The molecule has 0 heterocycles. The Kier molecular flexibility index (Phi) is 5.71. The van der Waals surface area contributed by atoms with Gasteiger partial charge in [0.2, 0.25) is 5.91 Å². The Balaban J connectivity index is 3.95. The number of carbonyl (C=O) groups is 1. The summed E-state index contributed by atoms with van der Waals surface area (Å²) >= 11 is 0. The number of amides is 1. The van der Waals surface area contributed by atoms with Crippen molar-refractivity contribution in [2.45, 2.75) is 27.2 Å². The minimum atomic E-state index is 0.134. The maximum absolute atomic E-state index is 11.6. The molecule has 0 fully saturated rings. The molecule has 0 aliphatic carbocycles. The van der Waals surface area contributed by atoms with Crippen molar-refractivity contribution >= 4 is 5.91 Å². The summed E-state index contributed by atoms with van der Waals surface area (Å²) < 4.78 is 0. The van der Waals surface area contributed by atoms with Gasteiger partial charge in [-0.25, -0.2) is 0 Å². The molecule has 1 amide bonds. The number of nitrogens with two attached hydrogens (primary N) is 1. The quantitative estimate of drug-likeness (QED) is 0.698. The standard InChI is InChI=1S/C10H22N2O/c1-5-9(3)10(13)12(4)7-8(2)6-11/h8-9H,5-7,11H2,1-4H3. The maximum atomic E-state index is 11.6. The Morgan fingerprint density at radius 1 is 1.46 bits per heavy atom. The fraction of sp³-hybridized carbons (Fsp3) is 0.900. The first-order valence-electron chi connectivity index (χ1n) is 4.97. The van der Waals surface area contributed by atoms with E-state index in [1.54, 1.807) is 4.90 Å². The Labute approximate surface area is 81.3 Å². The fourth-order valence-electron chi connectivity index (χ4n) is 1.18. The first kappa shape index (κ1) is 12.4. The molecule has 0 aliphatic rings. The van der Waals surface area contributed by atoms with Gasteiger partial charge in [0.25, 0.3) is 0 Å². The van der Waals surface area contributed by atoms with Gasteiger partial charge in [0, 0.05) is 19.5 Å². The molecular formula is C10H22N2O. The summed E-state index contributed by atoms with van der Waals surface area (Å²) in [7, 11) is 1.85. The number of rotatable bonds is 5. The van der Waals surface area contributed by atoms with E-state index in [-0.39, 0.29) is 11.8 Å². The van der Waals surface area contributed by atoms with Crippen molar-refractivity contribution in [3.63, 3.8) is 0 Å². The predicted octanol–water partition coefficient (Wildman–Crippen LogP) is 1.09. The number of nitrogens with zero attached hydrogens (tertiary/aromatic N) is 1. The van der Waals surface area contributed by atoms with Gasteiger partial charge in [0.15, 0.2) is 0 Å². The van der Waals surface area contributed by atoms with E-state index < -0.39 is 0 Å². The normalized spacial score (nSPS) is 15.2. The highest BCUT2D eigenvalue weighted by atomic mass is 16.2. The SMILES string of the molecule is CCC(C)C(=O)N(C)CC(C)CN. The van der Waals surface area contributed by atoms with E-state index in [9.17, 15) is 4.79 Å². The molecule has 0 saturated heterocycles. The van der Waals surface area contributed by atoms with Crippen molar-refractivity contribution in [1.82, 2.24) is 4.90 Å². The highest BCUT2D eigenvalue weighted by Crippen LogP contribution is 2.06. The lowest BCUT2D eigenvalue weighted by Crippen LogP contribution is -2.36. The largest absolute Gasteiger partial charge is 0.345 e. The smallest absolute Gasteiger partial charge is 0.225 e. The molecule has 3 nitrogen and oxygen atoms in total. The molecule has 13 heavy (non-hydrogen) atoms. The van der Waals surface area contributed by atoms with E-state index in [2.05, 4.69) is 6.92 Å². The Hall–Kier alpha value is -0.570. The van der Waals surface area contributed by atoms with Gasteiger partial charge < -0.3 is 10.6 Å². The molecule has 2 N–H and O–H groups in total. The van der Waals surface area contributed by atoms with E-state index in [0.717, 1.165) is 13.0 Å². The maximum Gasteiger partial charge on any atom is 0.225 e. The van der Waals surface area contributed by atoms with Crippen LogP contribution in [-0.4, -0.2) is 30.9 Å². The third-order valence-corrected chi connectivity index (χ3v) is 2.40. The van der Waals surface area contributed by atoms with E-state index >= 15 is 0 Å². The first-order chi connectivity index (χ1) is 6.02. The fourth-order valence-corrected chi connectivity index (χ4v) is 1.18. The third-order valence-electron chi connectivity index (χ3n) is 2.40. The van der Waals surface area contributed by atoms with Crippen LogP contribution in [0.5, 0.6) is 0 Å². The topological polar surface area (TPSA) is 46.3 Å². The van der Waals surface area contributed by atoms with Crippen molar-refractivity contribution in [2.75, 3.05) is 20.1 Å². The minimum absolute atomic E-state index is 0.134. The summed E-state index contributed by atoms with van der Waals surface area (Å²) in [6, 6.07) is 0. The van der Waals surface area contributed by atoms with Crippen LogP contribution >= 0.6 is 0 Å². The summed E-state index contributed by atoms with van der Waals surface area (Å²) in [5.41, 5.74) is 5.49. The second-order valence-corrected chi connectivity index (χ2v) is 3.87. The van der Waals surface area contributed by atoms with Crippen molar-refractivity contribution in [3.8, 4) is 0 Å². The molecule has 2 atom stereocenters. The summed E-state index contributed by atoms with van der Waals surface area (Å²) in [6.45, 7) is 7.45. The van der Waals surface area contributed by atoms with E-state index in [0.29, 0.717) is 12.5 Å². The lowest BCUT2D eigenvalue weighted by atomic mass is 10.1. The van der Waals surface area contributed by atoms with Crippen LogP contribution in [0.2, 0.25) is 0 Å². The molecular weight excluding hydrogens is 164 g/mol. The molecule has 2 unspecified atom stereocenters. The third kappa shape index (κ3) is 4.27. The molecule has 0 aromatic rings. The average Bonchev–Trinajstić information content (AvgIpc) is 2.14. The van der Waals surface area contributed by atoms with Gasteiger partial charge in [0.1, 0.15) is 0 Å². The number of hydrogen-bond acceptors (Lipinski definition) is 2. The van der Waals surface area contributed by atoms with Gasteiger partial charge in [-0.1, -0.05) is 20.8 Å². The van der Waals surface area contributed by atoms with Crippen LogP contribution in [0, 0.1) is 11.8 Å². The first-order valence-corrected chi connectivity index (χ1v) is 4.97. The molecule has 0 aromatic heterocycles. The average molecular weight is 186 g/mol. The zero-order chi connectivity index (χ0) is 10.4. The molecule has 0 bridgehead atoms. The van der Waals surface area contributed by atoms with Crippen molar-refractivity contribution in [1.29, 1.82) is 0 Å². The second-order valence-electron chi connectivity index (χ2n) is 3.87. The van der Waals surface area contributed by atoms with Crippen LogP contribution in [0.1, 0.15) is 27.2 Å². The molecule has 0 spiro atoms. The molecule has 0 aromatic carbocycles. The van der Waals surface area contributed by atoms with E-state index in [4.69, 9.17) is 5.73 Å². The van der Waals surface area contributed by atoms with Gasteiger partial charge in [-0.15, -0.1) is 0 Å². The summed E-state index contributed by atoms with van der Waals surface area (Å²) in [6.07, 6.45) is 0.903. The Morgan fingerprint density at radius 3 is 2.38 bits per heavy atom. The zero-order valence-corrected chi connectivity index (χ0v) is 9.21. The summed E-state index contributed by atoms with van der Waals surface area (Å²) in [5.74, 6) is 0.746. The zero-order valence-electron chi connectivity index (χ0n) is 9.21. The van der Waals surface area contributed by atoms with Crippen LogP contribution in [0.3, 0.4) is 0 Å². The molecule has 0 radical (unpaired) electrons. The van der Waals surface area contributed by atoms with Gasteiger partial charge in [-0.3, -0.25) is 4.79 Å². The monoisotopic (exact) mass is 186 g/mol. The molecule has 0 rings (SSSR count). The van der Waals surface area contributed by atoms with E-state index in [1.807, 2.05) is 20.9 Å². The molecule has 0 aliphatic heterocycles. The second kappa shape index (κ2) is 5.97. The van der Waals surface area contributed by atoms with Crippen molar-refractivity contribution in [2.24, 2.45) is 17.6 Å². The highest BCUT2D eigenvalue weighted by molar-refractivity contribution is 5.78. The van der Waals surface area contributed by atoms with Gasteiger partial charge in [-0.05, 0) is 18.9 Å². The Bertz CT molecular complexity index is 159. The number of hydrogen-bond donors (Lipinski definition) is 1.